The highest BCUT2D eigenvalue weighted by molar-refractivity contribution is 5.13. The minimum Gasteiger partial charge on any atom is -0.393 e. The largest absolute Gasteiger partial charge is 0.393 e. The van der Waals surface area contributed by atoms with Gasteiger partial charge in [0.25, 0.3) is 0 Å². The zero-order valence-corrected chi connectivity index (χ0v) is 11.1. The summed E-state index contributed by atoms with van der Waals surface area (Å²) in [6.07, 6.45) is 4.74. The fourth-order valence-corrected chi connectivity index (χ4v) is 4.34. The molecule has 104 valence electrons. The first-order valence-corrected chi connectivity index (χ1v) is 7.24. The summed E-state index contributed by atoms with van der Waals surface area (Å²) in [5, 5.41) is 19.7. The Morgan fingerprint density at radius 3 is 2.72 bits per heavy atom. The van der Waals surface area contributed by atoms with Gasteiger partial charge in [-0.05, 0) is 37.5 Å². The number of hydrogen-bond donors (Lipinski definition) is 2. The number of rotatable bonds is 4. The molecule has 0 bridgehead atoms. The van der Waals surface area contributed by atoms with Crippen molar-refractivity contribution in [1.29, 1.82) is 0 Å². The Kier molecular flexibility index (Phi) is 3.17. The van der Waals surface area contributed by atoms with Crippen molar-refractivity contribution in [1.82, 2.24) is 0 Å². The molecule has 1 heterocycles. The Bertz CT molecular complexity index is 313. The third kappa shape index (κ3) is 1.82. The van der Waals surface area contributed by atoms with Crippen molar-refractivity contribution in [2.24, 2.45) is 11.3 Å². The number of aliphatic hydroxyl groups excluding tert-OH is 2. The van der Waals surface area contributed by atoms with Gasteiger partial charge in [-0.2, -0.15) is 0 Å². The van der Waals surface area contributed by atoms with Crippen LogP contribution in [-0.2, 0) is 9.47 Å². The standard InChI is InChI=1S/C14H24O4/c1-2-10(15)3-4-13-8-11(16)7-12(13)14(9-13)17-5-6-18-14/h10-12,15-16H,2-9H2,1H3. The van der Waals surface area contributed by atoms with E-state index < -0.39 is 5.79 Å². The lowest BCUT2D eigenvalue weighted by atomic mass is 9.55. The van der Waals surface area contributed by atoms with E-state index in [0.29, 0.717) is 19.1 Å². The van der Waals surface area contributed by atoms with Crippen LogP contribution in [0.4, 0.5) is 0 Å². The van der Waals surface area contributed by atoms with E-state index in [2.05, 4.69) is 0 Å². The van der Waals surface area contributed by atoms with E-state index in [1.54, 1.807) is 0 Å². The highest BCUT2D eigenvalue weighted by Crippen LogP contribution is 2.67. The summed E-state index contributed by atoms with van der Waals surface area (Å²) >= 11 is 0. The molecule has 4 unspecified atom stereocenters. The van der Waals surface area contributed by atoms with E-state index in [0.717, 1.165) is 38.5 Å². The van der Waals surface area contributed by atoms with Gasteiger partial charge >= 0.3 is 0 Å². The Morgan fingerprint density at radius 1 is 1.33 bits per heavy atom. The molecule has 1 spiro atoms. The SMILES string of the molecule is CCC(O)CCC12CC(O)CC1C1(C2)OCCO1. The van der Waals surface area contributed by atoms with Crippen LogP contribution >= 0.6 is 0 Å². The number of ether oxygens (including phenoxy) is 2. The molecule has 1 aliphatic heterocycles. The molecule has 4 nitrogen and oxygen atoms in total. The Hall–Kier alpha value is -0.160. The zero-order valence-electron chi connectivity index (χ0n) is 11.1. The van der Waals surface area contributed by atoms with Gasteiger partial charge in [-0.3, -0.25) is 0 Å². The molecule has 0 radical (unpaired) electrons. The maximum absolute atomic E-state index is 9.97. The second kappa shape index (κ2) is 4.44. The Morgan fingerprint density at radius 2 is 2.06 bits per heavy atom. The third-order valence-electron chi connectivity index (χ3n) is 5.24. The minimum absolute atomic E-state index is 0.153. The molecule has 0 aromatic rings. The Balaban J connectivity index is 1.68. The molecule has 3 rings (SSSR count). The molecule has 0 aromatic carbocycles. The summed E-state index contributed by atoms with van der Waals surface area (Å²) in [7, 11) is 0. The van der Waals surface area contributed by atoms with Crippen LogP contribution < -0.4 is 0 Å². The van der Waals surface area contributed by atoms with Crippen molar-refractivity contribution in [3.05, 3.63) is 0 Å². The monoisotopic (exact) mass is 256 g/mol. The predicted molar refractivity (Wildman–Crippen MR) is 65.9 cm³/mol. The van der Waals surface area contributed by atoms with Gasteiger partial charge in [-0.25, -0.2) is 0 Å². The third-order valence-corrected chi connectivity index (χ3v) is 5.24. The lowest BCUT2D eigenvalue weighted by Gasteiger charge is -2.57. The molecule has 4 heteroatoms. The van der Waals surface area contributed by atoms with Crippen molar-refractivity contribution >= 4 is 0 Å². The first-order valence-electron chi connectivity index (χ1n) is 7.24. The number of fused-ring (bicyclic) bond motifs is 2. The van der Waals surface area contributed by atoms with Crippen LogP contribution in [0.1, 0.15) is 45.4 Å². The van der Waals surface area contributed by atoms with Gasteiger partial charge in [0.05, 0.1) is 25.4 Å². The highest BCUT2D eigenvalue weighted by atomic mass is 16.7. The van der Waals surface area contributed by atoms with Gasteiger partial charge in [-0.1, -0.05) is 6.92 Å². The molecular weight excluding hydrogens is 232 g/mol. The average Bonchev–Trinajstić information content (AvgIpc) is 2.91. The fourth-order valence-electron chi connectivity index (χ4n) is 4.34. The van der Waals surface area contributed by atoms with Gasteiger partial charge in [0.15, 0.2) is 5.79 Å². The van der Waals surface area contributed by atoms with Gasteiger partial charge in [-0.15, -0.1) is 0 Å². The van der Waals surface area contributed by atoms with Crippen molar-refractivity contribution in [3.63, 3.8) is 0 Å². The molecule has 2 saturated carbocycles. The van der Waals surface area contributed by atoms with Crippen molar-refractivity contribution in [3.8, 4) is 0 Å². The van der Waals surface area contributed by atoms with Gasteiger partial charge in [0.1, 0.15) is 0 Å². The Labute approximate surface area is 108 Å². The molecule has 0 amide bonds. The summed E-state index contributed by atoms with van der Waals surface area (Å²) in [5.41, 5.74) is 0.153. The summed E-state index contributed by atoms with van der Waals surface area (Å²) in [6, 6.07) is 0. The number of hydrogen-bond acceptors (Lipinski definition) is 4. The van der Waals surface area contributed by atoms with Gasteiger partial charge < -0.3 is 19.7 Å². The second-order valence-electron chi connectivity index (χ2n) is 6.29. The van der Waals surface area contributed by atoms with E-state index >= 15 is 0 Å². The van der Waals surface area contributed by atoms with Gasteiger partial charge in [0.2, 0.25) is 0 Å². The molecule has 2 aliphatic carbocycles. The highest BCUT2D eigenvalue weighted by Gasteiger charge is 2.69. The van der Waals surface area contributed by atoms with Crippen LogP contribution in [0.5, 0.6) is 0 Å². The molecule has 18 heavy (non-hydrogen) atoms. The molecular formula is C14H24O4. The molecule has 1 saturated heterocycles. The maximum Gasteiger partial charge on any atom is 0.172 e. The smallest absolute Gasteiger partial charge is 0.172 e. The zero-order chi connectivity index (χ0) is 12.8. The van der Waals surface area contributed by atoms with E-state index in [4.69, 9.17) is 9.47 Å². The molecule has 2 N–H and O–H groups in total. The van der Waals surface area contributed by atoms with Crippen LogP contribution in [-0.4, -0.2) is 41.4 Å². The molecule has 3 fully saturated rings. The molecule has 0 aromatic heterocycles. The van der Waals surface area contributed by atoms with E-state index in [1.807, 2.05) is 6.92 Å². The van der Waals surface area contributed by atoms with Crippen LogP contribution in [0.15, 0.2) is 0 Å². The molecule has 4 atom stereocenters. The van der Waals surface area contributed by atoms with Crippen LogP contribution in [0.2, 0.25) is 0 Å². The maximum atomic E-state index is 9.97. The second-order valence-corrected chi connectivity index (χ2v) is 6.29. The van der Waals surface area contributed by atoms with E-state index in [-0.39, 0.29) is 17.6 Å². The van der Waals surface area contributed by atoms with E-state index in [9.17, 15) is 10.2 Å². The lowest BCUT2D eigenvalue weighted by molar-refractivity contribution is -0.303. The fraction of sp³-hybridized carbons (Fsp3) is 1.00. The average molecular weight is 256 g/mol. The lowest BCUT2D eigenvalue weighted by Crippen LogP contribution is -2.59. The summed E-state index contributed by atoms with van der Waals surface area (Å²) < 4.78 is 11.6. The summed E-state index contributed by atoms with van der Waals surface area (Å²) in [4.78, 5) is 0. The molecule has 3 aliphatic rings. The van der Waals surface area contributed by atoms with Crippen molar-refractivity contribution < 1.29 is 19.7 Å². The quantitative estimate of drug-likeness (QED) is 0.799. The first-order chi connectivity index (χ1) is 8.60. The van der Waals surface area contributed by atoms with Crippen molar-refractivity contribution in [2.75, 3.05) is 13.2 Å². The van der Waals surface area contributed by atoms with Gasteiger partial charge in [0, 0.05) is 12.3 Å². The number of aliphatic hydroxyl groups is 2. The van der Waals surface area contributed by atoms with Crippen molar-refractivity contribution in [2.45, 2.75) is 63.4 Å². The normalized spacial score (nSPS) is 42.8. The first kappa shape index (κ1) is 12.9. The van der Waals surface area contributed by atoms with Crippen LogP contribution in [0.3, 0.4) is 0 Å². The topological polar surface area (TPSA) is 58.9 Å². The van der Waals surface area contributed by atoms with Crippen LogP contribution in [0.25, 0.3) is 0 Å². The summed E-state index contributed by atoms with van der Waals surface area (Å²) in [5.74, 6) is -0.0687. The van der Waals surface area contributed by atoms with E-state index in [1.165, 1.54) is 0 Å². The minimum atomic E-state index is -0.394. The van der Waals surface area contributed by atoms with Crippen LogP contribution in [0, 0.1) is 11.3 Å². The summed E-state index contributed by atoms with van der Waals surface area (Å²) in [6.45, 7) is 3.37. The predicted octanol–water partition coefficient (Wildman–Crippen LogP) is 1.44.